The number of aliphatic hydroxyl groups excluding tert-OH is 1. The van der Waals surface area contributed by atoms with Crippen molar-refractivity contribution in [1.29, 1.82) is 0 Å². The molecule has 1 unspecified atom stereocenters. The third-order valence-electron chi connectivity index (χ3n) is 1.93. The number of thioether (sulfide) groups is 1. The zero-order valence-corrected chi connectivity index (χ0v) is 8.76. The van der Waals surface area contributed by atoms with Gasteiger partial charge in [-0.3, -0.25) is 0 Å². The topological polar surface area (TPSA) is 20.2 Å². The van der Waals surface area contributed by atoms with Crippen LogP contribution >= 0.6 is 11.8 Å². The molecule has 72 valence electrons. The third-order valence-corrected chi connectivity index (χ3v) is 2.98. The summed E-state index contributed by atoms with van der Waals surface area (Å²) >= 11 is 1.80. The summed E-state index contributed by atoms with van der Waals surface area (Å²) in [6, 6.07) is 10.3. The molecule has 2 heteroatoms. The smallest absolute Gasteiger partial charge is 0.0545 e. The van der Waals surface area contributed by atoms with E-state index in [9.17, 15) is 5.11 Å². The molecule has 1 aromatic carbocycles. The van der Waals surface area contributed by atoms with Crippen LogP contribution in [-0.2, 0) is 0 Å². The van der Waals surface area contributed by atoms with Crippen molar-refractivity contribution in [1.82, 2.24) is 0 Å². The molecule has 1 nitrogen and oxygen atoms in total. The SMILES string of the molecule is CCC(O)CCSc1ccccc1. The predicted molar refractivity (Wildman–Crippen MR) is 58.1 cm³/mol. The van der Waals surface area contributed by atoms with Crippen LogP contribution in [0, 0.1) is 0 Å². The minimum absolute atomic E-state index is 0.129. The first-order chi connectivity index (χ1) is 6.33. The molecule has 1 atom stereocenters. The second-order valence-electron chi connectivity index (χ2n) is 3.01. The molecule has 1 aromatic rings. The van der Waals surface area contributed by atoms with Crippen LogP contribution in [-0.4, -0.2) is 17.0 Å². The minimum Gasteiger partial charge on any atom is -0.393 e. The standard InChI is InChI=1S/C11H16OS/c1-2-10(12)8-9-13-11-6-4-3-5-7-11/h3-7,10,12H,2,8-9H2,1H3. The van der Waals surface area contributed by atoms with Gasteiger partial charge in [0.15, 0.2) is 0 Å². The van der Waals surface area contributed by atoms with Crippen molar-refractivity contribution in [3.63, 3.8) is 0 Å². The van der Waals surface area contributed by atoms with Crippen LogP contribution in [0.2, 0.25) is 0 Å². The van der Waals surface area contributed by atoms with Crippen molar-refractivity contribution in [2.45, 2.75) is 30.8 Å². The lowest BCUT2D eigenvalue weighted by atomic mass is 10.2. The van der Waals surface area contributed by atoms with E-state index in [4.69, 9.17) is 0 Å². The number of rotatable bonds is 5. The monoisotopic (exact) mass is 196 g/mol. The van der Waals surface area contributed by atoms with E-state index in [1.165, 1.54) is 4.90 Å². The normalized spacial score (nSPS) is 12.8. The highest BCUT2D eigenvalue weighted by Gasteiger charge is 2.00. The molecule has 0 aliphatic carbocycles. The van der Waals surface area contributed by atoms with Gasteiger partial charge in [0.05, 0.1) is 6.10 Å². The summed E-state index contributed by atoms with van der Waals surface area (Å²) < 4.78 is 0. The van der Waals surface area contributed by atoms with E-state index in [1.54, 1.807) is 11.8 Å². The molecule has 0 saturated carbocycles. The molecule has 0 saturated heterocycles. The zero-order chi connectivity index (χ0) is 9.52. The van der Waals surface area contributed by atoms with Gasteiger partial charge in [0, 0.05) is 10.6 Å². The largest absolute Gasteiger partial charge is 0.393 e. The van der Waals surface area contributed by atoms with Crippen molar-refractivity contribution in [2.75, 3.05) is 5.75 Å². The summed E-state index contributed by atoms with van der Waals surface area (Å²) in [4.78, 5) is 1.28. The van der Waals surface area contributed by atoms with E-state index in [-0.39, 0.29) is 6.10 Å². The first kappa shape index (κ1) is 10.6. The van der Waals surface area contributed by atoms with Crippen LogP contribution < -0.4 is 0 Å². The van der Waals surface area contributed by atoms with Crippen LogP contribution in [0.4, 0.5) is 0 Å². The van der Waals surface area contributed by atoms with Gasteiger partial charge >= 0.3 is 0 Å². The molecular formula is C11H16OS. The average Bonchev–Trinajstić information content (AvgIpc) is 2.19. The van der Waals surface area contributed by atoms with E-state index >= 15 is 0 Å². The van der Waals surface area contributed by atoms with E-state index < -0.39 is 0 Å². The summed E-state index contributed by atoms with van der Waals surface area (Å²) in [6.07, 6.45) is 1.61. The van der Waals surface area contributed by atoms with Crippen LogP contribution in [0.3, 0.4) is 0 Å². The molecule has 0 aliphatic heterocycles. The van der Waals surface area contributed by atoms with Crippen molar-refractivity contribution < 1.29 is 5.11 Å². The molecule has 0 spiro atoms. The Bertz CT molecular complexity index is 223. The molecule has 1 rings (SSSR count). The van der Waals surface area contributed by atoms with Crippen molar-refractivity contribution in [3.8, 4) is 0 Å². The Kier molecular flexibility index (Phi) is 4.94. The van der Waals surface area contributed by atoms with Gasteiger partial charge in [0.2, 0.25) is 0 Å². The molecule has 0 fully saturated rings. The summed E-state index contributed by atoms with van der Waals surface area (Å²) in [6.45, 7) is 2.01. The van der Waals surface area contributed by atoms with Crippen LogP contribution in [0.1, 0.15) is 19.8 Å². The molecule has 1 N–H and O–H groups in total. The molecule has 0 amide bonds. The van der Waals surface area contributed by atoms with Gasteiger partial charge in [-0.25, -0.2) is 0 Å². The van der Waals surface area contributed by atoms with Crippen LogP contribution in [0.15, 0.2) is 35.2 Å². The second-order valence-corrected chi connectivity index (χ2v) is 4.18. The first-order valence-corrected chi connectivity index (χ1v) is 5.67. The van der Waals surface area contributed by atoms with Crippen molar-refractivity contribution in [3.05, 3.63) is 30.3 Å². The summed E-state index contributed by atoms with van der Waals surface area (Å²) in [7, 11) is 0. The molecule has 13 heavy (non-hydrogen) atoms. The molecule has 0 radical (unpaired) electrons. The van der Waals surface area contributed by atoms with Gasteiger partial charge in [0.1, 0.15) is 0 Å². The van der Waals surface area contributed by atoms with E-state index in [0.29, 0.717) is 0 Å². The van der Waals surface area contributed by atoms with Crippen LogP contribution in [0.25, 0.3) is 0 Å². The quantitative estimate of drug-likeness (QED) is 0.731. The Balaban J connectivity index is 2.20. The maximum atomic E-state index is 9.32. The minimum atomic E-state index is -0.129. The van der Waals surface area contributed by atoms with Crippen molar-refractivity contribution in [2.24, 2.45) is 0 Å². The molecule has 0 bridgehead atoms. The lowest BCUT2D eigenvalue weighted by Crippen LogP contribution is -2.04. The predicted octanol–water partition coefficient (Wildman–Crippen LogP) is 2.94. The Morgan fingerprint density at radius 2 is 2.00 bits per heavy atom. The molecule has 0 aliphatic rings. The van der Waals surface area contributed by atoms with Crippen molar-refractivity contribution >= 4 is 11.8 Å². The Hall–Kier alpha value is -0.470. The van der Waals surface area contributed by atoms with E-state index in [2.05, 4.69) is 12.1 Å². The fourth-order valence-corrected chi connectivity index (χ4v) is 2.01. The maximum absolute atomic E-state index is 9.32. The molecular weight excluding hydrogens is 180 g/mol. The van der Waals surface area contributed by atoms with E-state index in [0.717, 1.165) is 18.6 Å². The highest BCUT2D eigenvalue weighted by Crippen LogP contribution is 2.18. The Morgan fingerprint density at radius 3 is 2.62 bits per heavy atom. The fourth-order valence-electron chi connectivity index (χ4n) is 1.03. The second kappa shape index (κ2) is 6.06. The highest BCUT2D eigenvalue weighted by atomic mass is 32.2. The number of benzene rings is 1. The van der Waals surface area contributed by atoms with Gasteiger partial charge in [0.25, 0.3) is 0 Å². The van der Waals surface area contributed by atoms with Gasteiger partial charge in [-0.05, 0) is 25.0 Å². The fraction of sp³-hybridized carbons (Fsp3) is 0.455. The number of aliphatic hydroxyl groups is 1. The summed E-state index contributed by atoms with van der Waals surface area (Å²) in [5.41, 5.74) is 0. The van der Waals surface area contributed by atoms with Gasteiger partial charge in [-0.15, -0.1) is 11.8 Å². The third kappa shape index (κ3) is 4.34. The lowest BCUT2D eigenvalue weighted by Gasteiger charge is -2.06. The number of hydrogen-bond acceptors (Lipinski definition) is 2. The lowest BCUT2D eigenvalue weighted by molar-refractivity contribution is 0.167. The molecule has 0 aromatic heterocycles. The van der Waals surface area contributed by atoms with E-state index in [1.807, 2.05) is 25.1 Å². The zero-order valence-electron chi connectivity index (χ0n) is 7.94. The Labute approximate surface area is 84.2 Å². The molecule has 0 heterocycles. The first-order valence-electron chi connectivity index (χ1n) is 4.69. The van der Waals surface area contributed by atoms with Crippen LogP contribution in [0.5, 0.6) is 0 Å². The average molecular weight is 196 g/mol. The maximum Gasteiger partial charge on any atom is 0.0545 e. The summed E-state index contributed by atoms with van der Waals surface area (Å²) in [5, 5.41) is 9.32. The number of hydrogen-bond donors (Lipinski definition) is 1. The van der Waals surface area contributed by atoms with Gasteiger partial charge in [-0.1, -0.05) is 25.1 Å². The summed E-state index contributed by atoms with van der Waals surface area (Å²) in [5.74, 6) is 0.999. The Morgan fingerprint density at radius 1 is 1.31 bits per heavy atom. The van der Waals surface area contributed by atoms with Gasteiger partial charge in [-0.2, -0.15) is 0 Å². The van der Waals surface area contributed by atoms with Gasteiger partial charge < -0.3 is 5.11 Å². The highest BCUT2D eigenvalue weighted by molar-refractivity contribution is 7.99.